The zero-order chi connectivity index (χ0) is 22.5. The number of ketones is 1. The molecule has 3 aromatic heterocycles. The first-order valence-electron chi connectivity index (χ1n) is 10.4. The number of phenols is 1. The number of aromatic hydroxyl groups is 1. The number of nitrogens with zero attached hydrogens (tertiary/aromatic N) is 2. The van der Waals surface area contributed by atoms with Crippen LogP contribution in [0.1, 0.15) is 15.9 Å². The summed E-state index contributed by atoms with van der Waals surface area (Å²) >= 11 is 0. The van der Waals surface area contributed by atoms with Crippen LogP contribution in [0.15, 0.2) is 89.5 Å². The van der Waals surface area contributed by atoms with Crippen LogP contribution in [-0.4, -0.2) is 20.4 Å². The standard InChI is InChI=1S/C27H18N2O4/c1-29-15-18(14-23-26(31)25-20(30)4-2-5-22(25)33-23)24-19(11-12-28-27(24)29)16-7-9-17(10-8-16)21-6-3-13-32-21/h2-15,30H,1H3. The Morgan fingerprint density at radius 3 is 2.58 bits per heavy atom. The largest absolute Gasteiger partial charge is 0.507 e. The van der Waals surface area contributed by atoms with E-state index in [0.29, 0.717) is 5.75 Å². The monoisotopic (exact) mass is 434 g/mol. The Labute approximate surface area is 189 Å². The van der Waals surface area contributed by atoms with Crippen molar-refractivity contribution < 1.29 is 19.1 Å². The number of benzene rings is 2. The number of carbonyl (C=O) groups excluding carboxylic acids is 1. The first-order valence-corrected chi connectivity index (χ1v) is 10.4. The number of aryl methyl sites for hydroxylation is 1. The molecule has 4 heterocycles. The Balaban J connectivity index is 1.47. The Morgan fingerprint density at radius 1 is 1.00 bits per heavy atom. The second kappa shape index (κ2) is 7.24. The highest BCUT2D eigenvalue weighted by Gasteiger charge is 2.30. The lowest BCUT2D eigenvalue weighted by Gasteiger charge is -2.07. The summed E-state index contributed by atoms with van der Waals surface area (Å²) in [4.78, 5) is 17.4. The molecule has 1 aliphatic heterocycles. The van der Waals surface area contributed by atoms with E-state index in [9.17, 15) is 9.90 Å². The van der Waals surface area contributed by atoms with E-state index in [4.69, 9.17) is 9.15 Å². The van der Waals surface area contributed by atoms with Crippen LogP contribution in [0.2, 0.25) is 0 Å². The number of Topliss-reactive ketones (excluding diaryl/α,β-unsaturated/α-hetero) is 1. The minimum atomic E-state index is -0.339. The fourth-order valence-electron chi connectivity index (χ4n) is 4.30. The molecule has 0 spiro atoms. The Bertz CT molecular complexity index is 1560. The van der Waals surface area contributed by atoms with Crippen LogP contribution in [0.25, 0.3) is 39.6 Å². The third-order valence-corrected chi connectivity index (χ3v) is 5.85. The highest BCUT2D eigenvalue weighted by atomic mass is 16.5. The van der Waals surface area contributed by atoms with Crippen LogP contribution >= 0.6 is 0 Å². The van der Waals surface area contributed by atoms with E-state index in [1.807, 2.05) is 60.3 Å². The maximum absolute atomic E-state index is 12.9. The van der Waals surface area contributed by atoms with Gasteiger partial charge in [0.15, 0.2) is 5.76 Å². The van der Waals surface area contributed by atoms with Crippen LogP contribution in [0.4, 0.5) is 0 Å². The molecule has 6 rings (SSSR count). The average Bonchev–Trinajstić information content (AvgIpc) is 3.54. The summed E-state index contributed by atoms with van der Waals surface area (Å²) in [6, 6.07) is 18.7. The average molecular weight is 434 g/mol. The molecule has 6 heteroatoms. The number of phenolic OH excluding ortho intramolecular Hbond substituents is 1. The molecule has 1 N–H and O–H groups in total. The van der Waals surface area contributed by atoms with Gasteiger partial charge in [0.25, 0.3) is 0 Å². The second-order valence-corrected chi connectivity index (χ2v) is 7.90. The van der Waals surface area contributed by atoms with Crippen LogP contribution in [0.3, 0.4) is 0 Å². The smallest absolute Gasteiger partial charge is 0.235 e. The number of ether oxygens (including phenoxy) is 1. The molecular formula is C27H18N2O4. The maximum atomic E-state index is 12.9. The van der Waals surface area contributed by atoms with Gasteiger partial charge in [-0.3, -0.25) is 4.79 Å². The first kappa shape index (κ1) is 19.1. The predicted octanol–water partition coefficient (Wildman–Crippen LogP) is 5.82. The number of hydrogen-bond acceptors (Lipinski definition) is 5. The second-order valence-electron chi connectivity index (χ2n) is 7.90. The van der Waals surface area contributed by atoms with Gasteiger partial charge in [0.05, 0.1) is 6.26 Å². The van der Waals surface area contributed by atoms with Gasteiger partial charge in [-0.1, -0.05) is 30.3 Å². The van der Waals surface area contributed by atoms with Gasteiger partial charge in [0.1, 0.15) is 28.5 Å². The van der Waals surface area contributed by atoms with Crippen LogP contribution in [0, 0.1) is 0 Å². The number of rotatable bonds is 3. The van der Waals surface area contributed by atoms with Crippen molar-refractivity contribution in [1.29, 1.82) is 0 Å². The topological polar surface area (TPSA) is 77.5 Å². The fraction of sp³-hybridized carbons (Fsp3) is 0.0370. The highest BCUT2D eigenvalue weighted by Crippen LogP contribution is 2.39. The van der Waals surface area contributed by atoms with E-state index in [1.54, 1.807) is 30.7 Å². The lowest BCUT2D eigenvalue weighted by Crippen LogP contribution is -1.98. The number of hydrogen-bond donors (Lipinski definition) is 1. The molecule has 0 bridgehead atoms. The number of carbonyl (C=O) groups is 1. The molecule has 160 valence electrons. The lowest BCUT2D eigenvalue weighted by atomic mass is 9.99. The van der Waals surface area contributed by atoms with Crippen LogP contribution in [-0.2, 0) is 7.05 Å². The minimum absolute atomic E-state index is 0.0853. The number of allylic oxidation sites excluding steroid dienone is 1. The van der Waals surface area contributed by atoms with Crippen molar-refractivity contribution in [3.8, 4) is 33.9 Å². The Kier molecular flexibility index (Phi) is 4.20. The summed E-state index contributed by atoms with van der Waals surface area (Å²) in [5.74, 6) is 0.915. The molecule has 33 heavy (non-hydrogen) atoms. The molecule has 0 atom stereocenters. The van der Waals surface area contributed by atoms with Crippen molar-refractivity contribution in [2.75, 3.05) is 0 Å². The Hall–Kier alpha value is -4.58. The van der Waals surface area contributed by atoms with Crippen molar-refractivity contribution in [3.05, 3.63) is 96.2 Å². The number of furan rings is 1. The van der Waals surface area contributed by atoms with Crippen molar-refractivity contribution in [3.63, 3.8) is 0 Å². The van der Waals surface area contributed by atoms with Gasteiger partial charge in [0, 0.05) is 36.0 Å². The normalized spacial score (nSPS) is 14.1. The fourth-order valence-corrected chi connectivity index (χ4v) is 4.30. The van der Waals surface area contributed by atoms with E-state index in [2.05, 4.69) is 4.98 Å². The molecule has 0 aliphatic carbocycles. The zero-order valence-corrected chi connectivity index (χ0v) is 17.6. The maximum Gasteiger partial charge on any atom is 0.235 e. The van der Waals surface area contributed by atoms with Crippen LogP contribution in [0.5, 0.6) is 11.5 Å². The van der Waals surface area contributed by atoms with Gasteiger partial charge in [0.2, 0.25) is 5.78 Å². The van der Waals surface area contributed by atoms with E-state index in [0.717, 1.165) is 39.0 Å². The third kappa shape index (κ3) is 3.03. The van der Waals surface area contributed by atoms with Crippen molar-refractivity contribution >= 4 is 22.9 Å². The van der Waals surface area contributed by atoms with Crippen LogP contribution < -0.4 is 4.74 Å². The SMILES string of the molecule is Cn1cc(C=C2Oc3cccc(O)c3C2=O)c2c(-c3ccc(-c4ccco4)cc3)ccnc21. The van der Waals surface area contributed by atoms with Crippen molar-refractivity contribution in [1.82, 2.24) is 9.55 Å². The van der Waals surface area contributed by atoms with Gasteiger partial charge < -0.3 is 18.8 Å². The zero-order valence-electron chi connectivity index (χ0n) is 17.6. The van der Waals surface area contributed by atoms with Gasteiger partial charge >= 0.3 is 0 Å². The van der Waals surface area contributed by atoms with E-state index in [-0.39, 0.29) is 22.9 Å². The molecule has 0 radical (unpaired) electrons. The molecule has 1 aliphatic rings. The van der Waals surface area contributed by atoms with E-state index in [1.165, 1.54) is 6.07 Å². The summed E-state index contributed by atoms with van der Waals surface area (Å²) in [7, 11) is 1.92. The van der Waals surface area contributed by atoms with Gasteiger partial charge in [-0.2, -0.15) is 0 Å². The molecule has 0 amide bonds. The van der Waals surface area contributed by atoms with E-state index < -0.39 is 0 Å². The van der Waals surface area contributed by atoms with Gasteiger partial charge in [-0.05, 0) is 47.5 Å². The van der Waals surface area contributed by atoms with Gasteiger partial charge in [-0.25, -0.2) is 4.98 Å². The summed E-state index contributed by atoms with van der Waals surface area (Å²) < 4.78 is 13.2. The summed E-state index contributed by atoms with van der Waals surface area (Å²) in [5, 5.41) is 11.0. The first-order chi connectivity index (χ1) is 16.1. The molecule has 5 aromatic rings. The highest BCUT2D eigenvalue weighted by molar-refractivity contribution is 6.17. The minimum Gasteiger partial charge on any atom is -0.507 e. The molecular weight excluding hydrogens is 416 g/mol. The molecule has 2 aromatic carbocycles. The number of pyridine rings is 1. The summed E-state index contributed by atoms with van der Waals surface area (Å²) in [5.41, 5.74) is 4.79. The summed E-state index contributed by atoms with van der Waals surface area (Å²) in [6.45, 7) is 0. The molecule has 0 fully saturated rings. The third-order valence-electron chi connectivity index (χ3n) is 5.85. The Morgan fingerprint density at radius 2 is 1.82 bits per heavy atom. The van der Waals surface area contributed by atoms with E-state index >= 15 is 0 Å². The molecule has 0 saturated carbocycles. The summed E-state index contributed by atoms with van der Waals surface area (Å²) in [6.07, 6.45) is 7.07. The molecule has 6 nitrogen and oxygen atoms in total. The van der Waals surface area contributed by atoms with Crippen molar-refractivity contribution in [2.45, 2.75) is 0 Å². The van der Waals surface area contributed by atoms with Gasteiger partial charge in [-0.15, -0.1) is 0 Å². The lowest BCUT2D eigenvalue weighted by molar-refractivity contribution is 0.101. The van der Waals surface area contributed by atoms with Crippen molar-refractivity contribution in [2.24, 2.45) is 7.05 Å². The molecule has 0 unspecified atom stereocenters. The number of aromatic nitrogens is 2. The quantitative estimate of drug-likeness (QED) is 0.362. The number of fused-ring (bicyclic) bond motifs is 2. The molecule has 0 saturated heterocycles. The predicted molar refractivity (Wildman–Crippen MR) is 125 cm³/mol.